The van der Waals surface area contributed by atoms with Crippen LogP contribution in [0, 0.1) is 5.92 Å². The minimum Gasteiger partial charge on any atom is -0.480 e. The second kappa shape index (κ2) is 6.86. The van der Waals surface area contributed by atoms with Crippen molar-refractivity contribution in [2.75, 3.05) is 26.2 Å². The lowest BCUT2D eigenvalue weighted by Gasteiger charge is -2.17. The lowest BCUT2D eigenvalue weighted by atomic mass is 10.1. The molecule has 94 valence electrons. The third-order valence-corrected chi connectivity index (χ3v) is 3.35. The summed E-state index contributed by atoms with van der Waals surface area (Å²) in [6.45, 7) is 8.41. The third kappa shape index (κ3) is 4.10. The van der Waals surface area contributed by atoms with Gasteiger partial charge in [-0.15, -0.1) is 0 Å². The van der Waals surface area contributed by atoms with E-state index in [4.69, 9.17) is 5.11 Å². The molecule has 1 aliphatic rings. The van der Waals surface area contributed by atoms with Crippen LogP contribution >= 0.6 is 0 Å². The van der Waals surface area contributed by atoms with Gasteiger partial charge in [0.15, 0.2) is 0 Å². The van der Waals surface area contributed by atoms with Gasteiger partial charge in [0, 0.05) is 13.1 Å². The second-order valence-corrected chi connectivity index (χ2v) is 4.64. The molecule has 1 saturated heterocycles. The lowest BCUT2D eigenvalue weighted by molar-refractivity contribution is -0.139. The molecule has 0 radical (unpaired) electrons. The SMILES string of the molecule is CCCC(NCC1CCN(CC)C1)C(=O)O. The van der Waals surface area contributed by atoms with E-state index >= 15 is 0 Å². The molecule has 0 aliphatic carbocycles. The highest BCUT2D eigenvalue weighted by atomic mass is 16.4. The van der Waals surface area contributed by atoms with Crippen molar-refractivity contribution in [1.29, 1.82) is 0 Å². The molecule has 1 rings (SSSR count). The monoisotopic (exact) mass is 228 g/mol. The van der Waals surface area contributed by atoms with Crippen molar-refractivity contribution in [3.8, 4) is 0 Å². The summed E-state index contributed by atoms with van der Waals surface area (Å²) in [6.07, 6.45) is 2.83. The van der Waals surface area contributed by atoms with Gasteiger partial charge in [0.2, 0.25) is 0 Å². The van der Waals surface area contributed by atoms with Gasteiger partial charge in [-0.3, -0.25) is 4.79 Å². The van der Waals surface area contributed by atoms with Gasteiger partial charge in [-0.1, -0.05) is 20.3 Å². The van der Waals surface area contributed by atoms with E-state index in [1.807, 2.05) is 6.92 Å². The van der Waals surface area contributed by atoms with E-state index in [-0.39, 0.29) is 6.04 Å². The summed E-state index contributed by atoms with van der Waals surface area (Å²) < 4.78 is 0. The van der Waals surface area contributed by atoms with Crippen LogP contribution in [0.4, 0.5) is 0 Å². The van der Waals surface area contributed by atoms with Crippen molar-refractivity contribution < 1.29 is 9.90 Å². The van der Waals surface area contributed by atoms with Gasteiger partial charge in [0.05, 0.1) is 0 Å². The Labute approximate surface area is 98.0 Å². The fourth-order valence-electron chi connectivity index (χ4n) is 2.28. The summed E-state index contributed by atoms with van der Waals surface area (Å²) in [5.74, 6) is -0.0918. The van der Waals surface area contributed by atoms with E-state index in [1.165, 1.54) is 6.42 Å². The molecule has 1 heterocycles. The van der Waals surface area contributed by atoms with Gasteiger partial charge in [0.1, 0.15) is 6.04 Å². The van der Waals surface area contributed by atoms with Gasteiger partial charge >= 0.3 is 5.97 Å². The van der Waals surface area contributed by atoms with Gasteiger partial charge in [-0.25, -0.2) is 0 Å². The Morgan fingerprint density at radius 1 is 1.56 bits per heavy atom. The zero-order valence-corrected chi connectivity index (χ0v) is 10.4. The fraction of sp³-hybridized carbons (Fsp3) is 0.917. The van der Waals surface area contributed by atoms with Crippen LogP contribution in [0.15, 0.2) is 0 Å². The quantitative estimate of drug-likeness (QED) is 0.687. The Bertz CT molecular complexity index is 221. The Morgan fingerprint density at radius 3 is 2.81 bits per heavy atom. The molecule has 0 aromatic rings. The number of nitrogens with zero attached hydrogens (tertiary/aromatic N) is 1. The molecule has 2 unspecified atom stereocenters. The van der Waals surface area contributed by atoms with Crippen molar-refractivity contribution in [3.63, 3.8) is 0 Å². The zero-order chi connectivity index (χ0) is 12.0. The molecule has 0 saturated carbocycles. The van der Waals surface area contributed by atoms with E-state index in [1.54, 1.807) is 0 Å². The maximum absolute atomic E-state index is 10.9. The van der Waals surface area contributed by atoms with Crippen molar-refractivity contribution in [1.82, 2.24) is 10.2 Å². The number of carbonyl (C=O) groups is 1. The number of aliphatic carboxylic acids is 1. The third-order valence-electron chi connectivity index (χ3n) is 3.35. The van der Waals surface area contributed by atoms with Crippen molar-refractivity contribution in [2.45, 2.75) is 39.2 Å². The molecule has 0 amide bonds. The standard InChI is InChI=1S/C12H24N2O2/c1-3-5-11(12(15)16)13-8-10-6-7-14(4-2)9-10/h10-11,13H,3-9H2,1-2H3,(H,15,16). The number of hydrogen-bond donors (Lipinski definition) is 2. The molecule has 1 aliphatic heterocycles. The van der Waals surface area contributed by atoms with Gasteiger partial charge in [0.25, 0.3) is 0 Å². The molecular formula is C12H24N2O2. The summed E-state index contributed by atoms with van der Waals surface area (Å²) in [5.41, 5.74) is 0. The van der Waals surface area contributed by atoms with Crippen LogP contribution in [0.2, 0.25) is 0 Å². The van der Waals surface area contributed by atoms with Crippen molar-refractivity contribution in [2.24, 2.45) is 5.92 Å². The minimum absolute atomic E-state index is 0.360. The van der Waals surface area contributed by atoms with Crippen LogP contribution in [-0.4, -0.2) is 48.2 Å². The number of rotatable bonds is 7. The predicted molar refractivity (Wildman–Crippen MR) is 64.6 cm³/mol. The summed E-state index contributed by atoms with van der Waals surface area (Å²) >= 11 is 0. The first kappa shape index (κ1) is 13.5. The largest absolute Gasteiger partial charge is 0.480 e. The van der Waals surface area contributed by atoms with E-state index in [0.29, 0.717) is 5.92 Å². The predicted octanol–water partition coefficient (Wildman–Crippen LogP) is 1.17. The van der Waals surface area contributed by atoms with Crippen LogP contribution < -0.4 is 5.32 Å². The van der Waals surface area contributed by atoms with E-state index < -0.39 is 5.97 Å². The topological polar surface area (TPSA) is 52.6 Å². The molecular weight excluding hydrogens is 204 g/mol. The highest BCUT2D eigenvalue weighted by molar-refractivity contribution is 5.73. The number of likely N-dealkylation sites (tertiary alicyclic amines) is 1. The number of nitrogens with one attached hydrogen (secondary N) is 1. The van der Waals surface area contributed by atoms with Crippen LogP contribution in [0.5, 0.6) is 0 Å². The molecule has 0 aromatic heterocycles. The number of hydrogen-bond acceptors (Lipinski definition) is 3. The molecule has 0 spiro atoms. The number of carboxylic acids is 1. The highest BCUT2D eigenvalue weighted by Crippen LogP contribution is 2.15. The summed E-state index contributed by atoms with van der Waals surface area (Å²) in [4.78, 5) is 13.4. The average molecular weight is 228 g/mol. The van der Waals surface area contributed by atoms with Crippen molar-refractivity contribution >= 4 is 5.97 Å². The second-order valence-electron chi connectivity index (χ2n) is 4.64. The van der Waals surface area contributed by atoms with E-state index in [2.05, 4.69) is 17.1 Å². The molecule has 0 aromatic carbocycles. The van der Waals surface area contributed by atoms with Crippen LogP contribution in [-0.2, 0) is 4.79 Å². The number of carboxylic acid groups (broad SMARTS) is 1. The van der Waals surface area contributed by atoms with Gasteiger partial charge in [-0.2, -0.15) is 0 Å². The van der Waals surface area contributed by atoms with Gasteiger partial charge in [-0.05, 0) is 31.8 Å². The summed E-state index contributed by atoms with van der Waals surface area (Å²) in [6, 6.07) is -0.360. The van der Waals surface area contributed by atoms with E-state index in [9.17, 15) is 4.79 Å². The molecule has 2 N–H and O–H groups in total. The summed E-state index contributed by atoms with van der Waals surface area (Å²) in [7, 11) is 0. The minimum atomic E-state index is -0.716. The molecule has 4 heteroatoms. The molecule has 4 nitrogen and oxygen atoms in total. The van der Waals surface area contributed by atoms with Crippen LogP contribution in [0.3, 0.4) is 0 Å². The Morgan fingerprint density at radius 2 is 2.31 bits per heavy atom. The lowest BCUT2D eigenvalue weighted by Crippen LogP contribution is -2.39. The zero-order valence-electron chi connectivity index (χ0n) is 10.4. The van der Waals surface area contributed by atoms with Gasteiger partial charge < -0.3 is 15.3 Å². The average Bonchev–Trinajstić information content (AvgIpc) is 2.71. The first-order valence-corrected chi connectivity index (χ1v) is 6.35. The maximum atomic E-state index is 10.9. The van der Waals surface area contributed by atoms with E-state index in [0.717, 1.165) is 39.0 Å². The first-order valence-electron chi connectivity index (χ1n) is 6.35. The normalized spacial score (nSPS) is 23.5. The summed E-state index contributed by atoms with van der Waals surface area (Å²) in [5, 5.41) is 12.2. The van der Waals surface area contributed by atoms with Crippen molar-refractivity contribution in [3.05, 3.63) is 0 Å². The van der Waals surface area contributed by atoms with Crippen LogP contribution in [0.25, 0.3) is 0 Å². The Balaban J connectivity index is 2.24. The Kier molecular flexibility index (Phi) is 5.77. The van der Waals surface area contributed by atoms with Crippen LogP contribution in [0.1, 0.15) is 33.1 Å². The fourth-order valence-corrected chi connectivity index (χ4v) is 2.28. The molecule has 0 bridgehead atoms. The first-order chi connectivity index (χ1) is 7.67. The molecule has 2 atom stereocenters. The molecule has 16 heavy (non-hydrogen) atoms. The Hall–Kier alpha value is -0.610. The maximum Gasteiger partial charge on any atom is 0.320 e. The highest BCUT2D eigenvalue weighted by Gasteiger charge is 2.23. The molecule has 1 fully saturated rings. The smallest absolute Gasteiger partial charge is 0.320 e.